The van der Waals surface area contributed by atoms with Crippen LogP contribution in [0.4, 0.5) is 0 Å². The number of halogens is 2. The van der Waals surface area contributed by atoms with Crippen LogP contribution in [0.25, 0.3) is 0 Å². The quantitative estimate of drug-likeness (QED) is 0.380. The Morgan fingerprint density at radius 3 is 1.88 bits per heavy atom. The van der Waals surface area contributed by atoms with Crippen molar-refractivity contribution < 1.29 is 10.1 Å². The van der Waals surface area contributed by atoms with Crippen molar-refractivity contribution in [1.82, 2.24) is 0 Å². The van der Waals surface area contributed by atoms with Crippen molar-refractivity contribution in [3.8, 4) is 0 Å². The molecule has 0 amide bonds. The van der Waals surface area contributed by atoms with Crippen molar-refractivity contribution in [2.45, 2.75) is 18.4 Å². The molecule has 0 aromatic heterocycles. The van der Waals surface area contributed by atoms with Crippen molar-refractivity contribution in [2.75, 3.05) is 0 Å². The number of hydrogen-bond acceptors (Lipinski definition) is 2. The van der Waals surface area contributed by atoms with Crippen LogP contribution in [-0.2, 0) is 4.89 Å². The van der Waals surface area contributed by atoms with Crippen molar-refractivity contribution in [3.63, 3.8) is 0 Å². The highest BCUT2D eigenvalue weighted by Gasteiger charge is 2.29. The molecule has 0 aliphatic rings. The van der Waals surface area contributed by atoms with E-state index in [1.807, 2.05) is 0 Å². The molecule has 2 nitrogen and oxygen atoms in total. The molecule has 0 bridgehead atoms. The minimum atomic E-state index is -1.46. The fourth-order valence-corrected chi connectivity index (χ4v) is 0.105. The van der Waals surface area contributed by atoms with Gasteiger partial charge in [0.1, 0.15) is 0 Å². The maximum Gasteiger partial charge on any atom is 0.251 e. The van der Waals surface area contributed by atoms with Gasteiger partial charge in [-0.05, 0) is 0 Å². The monoisotopic (exact) mass is 158 g/mol. The highest BCUT2D eigenvalue weighted by Crippen LogP contribution is 2.29. The van der Waals surface area contributed by atoms with Crippen molar-refractivity contribution in [2.24, 2.45) is 5.92 Å². The van der Waals surface area contributed by atoms with Crippen LogP contribution in [-0.4, -0.2) is 9.78 Å². The standard InChI is InChI=1S/C4H8Cl2O2/c1-3(2)4(5,6)8-7/h3,7H,1-2H3. The molecule has 0 unspecified atom stereocenters. The first-order chi connectivity index (χ1) is 3.50. The topological polar surface area (TPSA) is 29.5 Å². The summed E-state index contributed by atoms with van der Waals surface area (Å²) in [5, 5.41) is 8.00. The molecule has 0 fully saturated rings. The van der Waals surface area contributed by atoms with Gasteiger partial charge >= 0.3 is 0 Å². The van der Waals surface area contributed by atoms with Crippen LogP contribution in [0.15, 0.2) is 0 Å². The molecule has 0 aliphatic heterocycles. The number of hydrogen-bond donors (Lipinski definition) is 1. The Kier molecular flexibility index (Phi) is 3.05. The Morgan fingerprint density at radius 1 is 1.50 bits per heavy atom. The first kappa shape index (κ1) is 8.50. The molecule has 0 saturated carbocycles. The summed E-state index contributed by atoms with van der Waals surface area (Å²) in [6, 6.07) is 0. The first-order valence-corrected chi connectivity index (χ1v) is 2.96. The van der Waals surface area contributed by atoms with E-state index < -0.39 is 4.52 Å². The Morgan fingerprint density at radius 2 is 1.88 bits per heavy atom. The summed E-state index contributed by atoms with van der Waals surface area (Å²) in [5.74, 6) is -0.129. The summed E-state index contributed by atoms with van der Waals surface area (Å²) in [6.45, 7) is 3.46. The predicted octanol–water partition coefficient (Wildman–Crippen LogP) is 2.26. The van der Waals surface area contributed by atoms with Gasteiger partial charge in [-0.2, -0.15) is 4.89 Å². The maximum absolute atomic E-state index is 8.00. The Balaban J connectivity index is 3.71. The van der Waals surface area contributed by atoms with Gasteiger partial charge in [-0.25, -0.2) is 5.26 Å². The molecule has 0 heterocycles. The largest absolute Gasteiger partial charge is 0.251 e. The molecule has 4 heteroatoms. The molecular formula is C4H8Cl2O2. The lowest BCUT2D eigenvalue weighted by molar-refractivity contribution is -0.279. The third kappa shape index (κ3) is 2.18. The van der Waals surface area contributed by atoms with Crippen LogP contribution < -0.4 is 0 Å². The fraction of sp³-hybridized carbons (Fsp3) is 1.00. The summed E-state index contributed by atoms with van der Waals surface area (Å²) in [7, 11) is 0. The fourth-order valence-electron chi connectivity index (χ4n) is 0.105. The van der Waals surface area contributed by atoms with Crippen LogP contribution in [0.1, 0.15) is 13.8 Å². The van der Waals surface area contributed by atoms with E-state index in [2.05, 4.69) is 4.89 Å². The Bertz CT molecular complexity index is 72.4. The van der Waals surface area contributed by atoms with Crippen molar-refractivity contribution in [1.29, 1.82) is 0 Å². The van der Waals surface area contributed by atoms with Crippen LogP contribution in [0.3, 0.4) is 0 Å². The zero-order valence-corrected chi connectivity index (χ0v) is 6.20. The van der Waals surface area contributed by atoms with E-state index in [1.54, 1.807) is 13.8 Å². The summed E-state index contributed by atoms with van der Waals surface area (Å²) in [4.78, 5) is 3.73. The zero-order valence-electron chi connectivity index (χ0n) is 4.69. The van der Waals surface area contributed by atoms with E-state index in [4.69, 9.17) is 28.5 Å². The minimum Gasteiger partial charge on any atom is -0.249 e. The van der Waals surface area contributed by atoms with Gasteiger partial charge in [0.15, 0.2) is 0 Å². The van der Waals surface area contributed by atoms with Gasteiger partial charge in [-0.15, -0.1) is 0 Å². The van der Waals surface area contributed by atoms with Crippen LogP contribution in [0.5, 0.6) is 0 Å². The molecule has 0 aromatic carbocycles. The van der Waals surface area contributed by atoms with E-state index in [0.717, 1.165) is 0 Å². The predicted molar refractivity (Wildman–Crippen MR) is 33.0 cm³/mol. The summed E-state index contributed by atoms with van der Waals surface area (Å²) < 4.78 is -1.46. The van der Waals surface area contributed by atoms with E-state index in [0.29, 0.717) is 0 Å². The molecule has 0 aromatic rings. The third-order valence-electron chi connectivity index (χ3n) is 0.794. The van der Waals surface area contributed by atoms with Gasteiger partial charge in [0, 0.05) is 5.92 Å². The number of alkyl halides is 2. The maximum atomic E-state index is 8.00. The van der Waals surface area contributed by atoms with Crippen molar-refractivity contribution in [3.05, 3.63) is 0 Å². The van der Waals surface area contributed by atoms with Gasteiger partial charge < -0.3 is 0 Å². The Labute approximate surface area is 58.3 Å². The van der Waals surface area contributed by atoms with Gasteiger partial charge in [-0.3, -0.25) is 0 Å². The second-order valence-electron chi connectivity index (χ2n) is 1.81. The Hall–Kier alpha value is 0.500. The molecule has 0 radical (unpaired) electrons. The molecule has 1 N–H and O–H groups in total. The lowest BCUT2D eigenvalue weighted by Gasteiger charge is -2.18. The highest BCUT2D eigenvalue weighted by molar-refractivity contribution is 6.47. The SMILES string of the molecule is CC(C)C(Cl)(Cl)OO. The average Bonchev–Trinajstić information content (AvgIpc) is 1.67. The van der Waals surface area contributed by atoms with E-state index in [1.165, 1.54) is 0 Å². The summed E-state index contributed by atoms with van der Waals surface area (Å²) in [5.41, 5.74) is 0. The zero-order chi connectivity index (χ0) is 6.78. The molecule has 0 aliphatic carbocycles. The van der Waals surface area contributed by atoms with E-state index >= 15 is 0 Å². The lowest BCUT2D eigenvalue weighted by Crippen LogP contribution is -2.22. The van der Waals surface area contributed by atoms with Gasteiger partial charge in [0.2, 0.25) is 0 Å². The molecule has 8 heavy (non-hydrogen) atoms. The third-order valence-corrected chi connectivity index (χ3v) is 1.80. The van der Waals surface area contributed by atoms with Crippen LogP contribution >= 0.6 is 23.2 Å². The molecule has 50 valence electrons. The second-order valence-corrected chi connectivity index (χ2v) is 3.12. The van der Waals surface area contributed by atoms with E-state index in [-0.39, 0.29) is 5.92 Å². The molecular weight excluding hydrogens is 151 g/mol. The molecule has 0 rings (SSSR count). The van der Waals surface area contributed by atoms with E-state index in [9.17, 15) is 0 Å². The molecule has 0 saturated heterocycles. The lowest BCUT2D eigenvalue weighted by atomic mass is 10.2. The second kappa shape index (κ2) is 2.87. The smallest absolute Gasteiger partial charge is 0.249 e. The van der Waals surface area contributed by atoms with Gasteiger partial charge in [0.05, 0.1) is 0 Å². The highest BCUT2D eigenvalue weighted by atomic mass is 35.5. The number of rotatable bonds is 2. The normalized spacial score (nSPS) is 12.8. The summed E-state index contributed by atoms with van der Waals surface area (Å²) in [6.07, 6.45) is 0. The van der Waals surface area contributed by atoms with Crippen molar-refractivity contribution >= 4 is 23.2 Å². The van der Waals surface area contributed by atoms with Crippen LogP contribution in [0, 0.1) is 5.92 Å². The van der Waals surface area contributed by atoms with Gasteiger partial charge in [0.25, 0.3) is 4.52 Å². The molecule has 0 atom stereocenters. The minimum absolute atomic E-state index is 0.129. The van der Waals surface area contributed by atoms with Crippen LogP contribution in [0.2, 0.25) is 0 Å². The summed E-state index contributed by atoms with van der Waals surface area (Å²) >= 11 is 10.7. The van der Waals surface area contributed by atoms with Gasteiger partial charge in [-0.1, -0.05) is 37.0 Å². The molecule has 0 spiro atoms. The average molecular weight is 159 g/mol. The first-order valence-electron chi connectivity index (χ1n) is 2.21.